The van der Waals surface area contributed by atoms with Crippen LogP contribution in [0.4, 0.5) is 4.39 Å². The molecule has 2 aromatic carbocycles. The molecule has 3 heteroatoms. The van der Waals surface area contributed by atoms with E-state index in [9.17, 15) is 4.39 Å². The first kappa shape index (κ1) is 15.5. The van der Waals surface area contributed by atoms with E-state index < -0.39 is 0 Å². The van der Waals surface area contributed by atoms with Crippen molar-refractivity contribution in [1.29, 1.82) is 0 Å². The van der Waals surface area contributed by atoms with Gasteiger partial charge in [0.1, 0.15) is 11.6 Å². The van der Waals surface area contributed by atoms with Crippen LogP contribution in [0.1, 0.15) is 31.0 Å². The maximum atomic E-state index is 13.3. The van der Waals surface area contributed by atoms with E-state index in [4.69, 9.17) is 4.74 Å². The first-order valence-corrected chi connectivity index (χ1v) is 7.27. The van der Waals surface area contributed by atoms with Gasteiger partial charge in [-0.05, 0) is 51.1 Å². The Balaban J connectivity index is 2.25. The zero-order valence-corrected chi connectivity index (χ0v) is 12.8. The molecule has 0 fully saturated rings. The molecule has 0 aliphatic heterocycles. The van der Waals surface area contributed by atoms with Gasteiger partial charge in [-0.3, -0.25) is 0 Å². The Bertz CT molecular complexity index is 583. The second kappa shape index (κ2) is 7.23. The molecule has 0 saturated heterocycles. The quantitative estimate of drug-likeness (QED) is 0.863. The summed E-state index contributed by atoms with van der Waals surface area (Å²) in [5, 5.41) is 3.30. The van der Waals surface area contributed by atoms with Crippen molar-refractivity contribution in [3.63, 3.8) is 0 Å². The van der Waals surface area contributed by atoms with Gasteiger partial charge in [0.2, 0.25) is 0 Å². The maximum absolute atomic E-state index is 13.3. The summed E-state index contributed by atoms with van der Waals surface area (Å²) in [7, 11) is 1.91. The summed E-state index contributed by atoms with van der Waals surface area (Å²) in [5.41, 5.74) is 2.06. The van der Waals surface area contributed by atoms with Crippen LogP contribution in [-0.2, 0) is 6.42 Å². The van der Waals surface area contributed by atoms with Gasteiger partial charge in [-0.1, -0.05) is 30.3 Å². The summed E-state index contributed by atoms with van der Waals surface area (Å²) < 4.78 is 19.2. The van der Waals surface area contributed by atoms with E-state index in [1.54, 1.807) is 12.1 Å². The van der Waals surface area contributed by atoms with Crippen LogP contribution in [0.5, 0.6) is 5.75 Å². The molecule has 0 radical (unpaired) electrons. The van der Waals surface area contributed by atoms with Gasteiger partial charge in [0.05, 0.1) is 6.10 Å². The lowest BCUT2D eigenvalue weighted by Crippen LogP contribution is -2.20. The molecule has 0 aliphatic rings. The fraction of sp³-hybridized carbons (Fsp3) is 0.333. The van der Waals surface area contributed by atoms with Crippen molar-refractivity contribution in [1.82, 2.24) is 5.32 Å². The summed E-state index contributed by atoms with van der Waals surface area (Å²) in [6.45, 7) is 4.02. The van der Waals surface area contributed by atoms with Gasteiger partial charge in [-0.25, -0.2) is 4.39 Å². The van der Waals surface area contributed by atoms with Gasteiger partial charge in [-0.15, -0.1) is 0 Å². The van der Waals surface area contributed by atoms with Crippen LogP contribution in [0.2, 0.25) is 0 Å². The fourth-order valence-electron chi connectivity index (χ4n) is 2.40. The molecule has 0 aliphatic carbocycles. The Hall–Kier alpha value is -1.87. The number of rotatable bonds is 6. The summed E-state index contributed by atoms with van der Waals surface area (Å²) in [5.74, 6) is 0.678. The average Bonchev–Trinajstić information content (AvgIpc) is 2.45. The molecule has 21 heavy (non-hydrogen) atoms. The Morgan fingerprint density at radius 2 is 1.86 bits per heavy atom. The maximum Gasteiger partial charge on any atom is 0.124 e. The highest BCUT2D eigenvalue weighted by atomic mass is 19.1. The highest BCUT2D eigenvalue weighted by Gasteiger charge is 2.15. The van der Waals surface area contributed by atoms with E-state index in [0.29, 0.717) is 6.42 Å². The number of likely N-dealkylation sites (N-methyl/N-ethyl adjacent to an activating group) is 1. The smallest absolute Gasteiger partial charge is 0.124 e. The minimum Gasteiger partial charge on any atom is -0.491 e. The summed E-state index contributed by atoms with van der Waals surface area (Å²) in [6.07, 6.45) is 0.838. The number of hydrogen-bond acceptors (Lipinski definition) is 2. The van der Waals surface area contributed by atoms with Gasteiger partial charge >= 0.3 is 0 Å². The molecule has 2 nitrogen and oxygen atoms in total. The normalized spacial score (nSPS) is 12.4. The highest BCUT2D eigenvalue weighted by molar-refractivity contribution is 5.37. The van der Waals surface area contributed by atoms with Crippen LogP contribution in [-0.4, -0.2) is 13.2 Å². The minimum absolute atomic E-state index is 0.0850. The molecule has 0 aromatic heterocycles. The van der Waals surface area contributed by atoms with Gasteiger partial charge in [0.25, 0.3) is 0 Å². The SMILES string of the molecule is CNC(Cc1cccc(F)c1)c1ccccc1OC(C)C. The van der Waals surface area contributed by atoms with Crippen LogP contribution < -0.4 is 10.1 Å². The van der Waals surface area contributed by atoms with E-state index in [0.717, 1.165) is 16.9 Å². The molecule has 0 saturated carbocycles. The zero-order valence-electron chi connectivity index (χ0n) is 12.8. The minimum atomic E-state index is -0.200. The van der Waals surface area contributed by atoms with Crippen LogP contribution in [0.15, 0.2) is 48.5 Å². The Labute approximate surface area is 126 Å². The Morgan fingerprint density at radius 3 is 2.52 bits per heavy atom. The van der Waals surface area contributed by atoms with Crippen molar-refractivity contribution >= 4 is 0 Å². The van der Waals surface area contributed by atoms with Gasteiger partial charge < -0.3 is 10.1 Å². The van der Waals surface area contributed by atoms with Gasteiger partial charge in [-0.2, -0.15) is 0 Å². The largest absolute Gasteiger partial charge is 0.491 e. The Morgan fingerprint density at radius 1 is 1.10 bits per heavy atom. The number of benzene rings is 2. The van der Waals surface area contributed by atoms with Crippen LogP contribution in [0.3, 0.4) is 0 Å². The average molecular weight is 287 g/mol. The van der Waals surface area contributed by atoms with Crippen LogP contribution in [0.25, 0.3) is 0 Å². The molecule has 0 bridgehead atoms. The summed E-state index contributed by atoms with van der Waals surface area (Å²) >= 11 is 0. The molecule has 1 atom stereocenters. The van der Waals surface area contributed by atoms with E-state index in [2.05, 4.69) is 11.4 Å². The molecular formula is C18H22FNO. The first-order valence-electron chi connectivity index (χ1n) is 7.27. The Kier molecular flexibility index (Phi) is 5.34. The third kappa shape index (κ3) is 4.30. The third-order valence-corrected chi connectivity index (χ3v) is 3.33. The van der Waals surface area contributed by atoms with Crippen molar-refractivity contribution in [3.8, 4) is 5.75 Å². The molecule has 1 N–H and O–H groups in total. The van der Waals surface area contributed by atoms with E-state index in [-0.39, 0.29) is 18.0 Å². The van der Waals surface area contributed by atoms with Crippen LogP contribution in [0, 0.1) is 5.82 Å². The van der Waals surface area contributed by atoms with Crippen LogP contribution >= 0.6 is 0 Å². The second-order valence-corrected chi connectivity index (χ2v) is 5.38. The first-order chi connectivity index (χ1) is 10.1. The topological polar surface area (TPSA) is 21.3 Å². The number of halogens is 1. The summed E-state index contributed by atoms with van der Waals surface area (Å²) in [4.78, 5) is 0. The van der Waals surface area contributed by atoms with Crippen molar-refractivity contribution in [2.24, 2.45) is 0 Å². The van der Waals surface area contributed by atoms with Gasteiger partial charge in [0.15, 0.2) is 0 Å². The number of nitrogens with one attached hydrogen (secondary N) is 1. The molecule has 0 heterocycles. The molecule has 1 unspecified atom stereocenters. The lowest BCUT2D eigenvalue weighted by Gasteiger charge is -2.21. The van der Waals surface area contributed by atoms with E-state index in [1.165, 1.54) is 6.07 Å². The molecule has 112 valence electrons. The van der Waals surface area contributed by atoms with Crippen molar-refractivity contribution < 1.29 is 9.13 Å². The van der Waals surface area contributed by atoms with E-state index in [1.807, 2.05) is 45.2 Å². The predicted molar refractivity (Wildman–Crippen MR) is 84.1 cm³/mol. The highest BCUT2D eigenvalue weighted by Crippen LogP contribution is 2.28. The standard InChI is InChI=1S/C18H22FNO/c1-13(2)21-18-10-5-4-9-16(18)17(20-3)12-14-7-6-8-15(19)11-14/h4-11,13,17,20H,12H2,1-3H3. The lowest BCUT2D eigenvalue weighted by molar-refractivity contribution is 0.238. The third-order valence-electron chi connectivity index (χ3n) is 3.33. The number of hydrogen-bond donors (Lipinski definition) is 1. The molecule has 2 rings (SSSR count). The fourth-order valence-corrected chi connectivity index (χ4v) is 2.40. The molecular weight excluding hydrogens is 265 g/mol. The van der Waals surface area contributed by atoms with E-state index >= 15 is 0 Å². The van der Waals surface area contributed by atoms with Crippen molar-refractivity contribution in [2.45, 2.75) is 32.4 Å². The monoisotopic (exact) mass is 287 g/mol. The second-order valence-electron chi connectivity index (χ2n) is 5.38. The van der Waals surface area contributed by atoms with Crippen molar-refractivity contribution in [2.75, 3.05) is 7.05 Å². The van der Waals surface area contributed by atoms with Gasteiger partial charge in [0, 0.05) is 11.6 Å². The zero-order chi connectivity index (χ0) is 15.2. The lowest BCUT2D eigenvalue weighted by atomic mass is 9.98. The number of ether oxygens (including phenoxy) is 1. The number of para-hydroxylation sites is 1. The van der Waals surface area contributed by atoms with Crippen molar-refractivity contribution in [3.05, 3.63) is 65.5 Å². The predicted octanol–water partition coefficient (Wildman–Crippen LogP) is 4.12. The molecule has 0 amide bonds. The molecule has 0 spiro atoms. The molecule has 2 aromatic rings. The summed E-state index contributed by atoms with van der Waals surface area (Å²) in [6, 6.07) is 14.8.